The van der Waals surface area contributed by atoms with Crippen molar-refractivity contribution >= 4 is 29.0 Å². The second-order valence-electron chi connectivity index (χ2n) is 6.83. The lowest BCUT2D eigenvalue weighted by Crippen LogP contribution is -2.32. The number of imidazole rings is 1. The molecule has 0 saturated carbocycles. The normalized spacial score (nSPS) is 16.9. The third-order valence-corrected chi connectivity index (χ3v) is 5.09. The van der Waals surface area contributed by atoms with Crippen LogP contribution in [0.1, 0.15) is 31.2 Å². The standard InChI is InChI=1S/C22H25N3.ClH/c1-2-8-18(9-3-1)19-13-14-23-20(16-19)10-6-7-15-25-17-24-21-11-4-5-12-22(21)25;/h1-5,8-9,11-13,17,20,23H,6-7,10,14-16H2;1H. The van der Waals surface area contributed by atoms with E-state index in [9.17, 15) is 0 Å². The van der Waals surface area contributed by atoms with Crippen molar-refractivity contribution in [3.63, 3.8) is 0 Å². The van der Waals surface area contributed by atoms with E-state index in [-0.39, 0.29) is 12.4 Å². The third-order valence-electron chi connectivity index (χ3n) is 5.09. The molecule has 4 heteroatoms. The summed E-state index contributed by atoms with van der Waals surface area (Å²) in [6.07, 6.45) is 9.12. The van der Waals surface area contributed by atoms with Crippen LogP contribution in [0.15, 0.2) is 67.0 Å². The molecule has 136 valence electrons. The molecule has 0 spiro atoms. The summed E-state index contributed by atoms with van der Waals surface area (Å²) in [4.78, 5) is 4.47. The minimum absolute atomic E-state index is 0. The van der Waals surface area contributed by atoms with Crippen molar-refractivity contribution in [2.24, 2.45) is 0 Å². The van der Waals surface area contributed by atoms with E-state index in [1.807, 2.05) is 12.4 Å². The maximum Gasteiger partial charge on any atom is 0.0958 e. The molecule has 0 bridgehead atoms. The van der Waals surface area contributed by atoms with Crippen molar-refractivity contribution < 1.29 is 0 Å². The van der Waals surface area contributed by atoms with Crippen molar-refractivity contribution in [2.45, 2.75) is 38.3 Å². The van der Waals surface area contributed by atoms with Gasteiger partial charge < -0.3 is 9.88 Å². The minimum Gasteiger partial charge on any atom is -0.331 e. The van der Waals surface area contributed by atoms with E-state index in [0.29, 0.717) is 6.04 Å². The fraction of sp³-hybridized carbons (Fsp3) is 0.318. The first-order valence-electron chi connectivity index (χ1n) is 9.28. The molecule has 1 N–H and O–H groups in total. The first kappa shape index (κ1) is 18.7. The molecule has 3 nitrogen and oxygen atoms in total. The van der Waals surface area contributed by atoms with Crippen LogP contribution >= 0.6 is 12.4 Å². The summed E-state index contributed by atoms with van der Waals surface area (Å²) in [6.45, 7) is 2.04. The van der Waals surface area contributed by atoms with E-state index in [0.717, 1.165) is 25.0 Å². The summed E-state index contributed by atoms with van der Waals surface area (Å²) >= 11 is 0. The summed E-state index contributed by atoms with van der Waals surface area (Å²) < 4.78 is 2.28. The van der Waals surface area contributed by atoms with Crippen LogP contribution < -0.4 is 5.32 Å². The van der Waals surface area contributed by atoms with Gasteiger partial charge >= 0.3 is 0 Å². The molecule has 3 aromatic rings. The molecule has 0 aliphatic carbocycles. The van der Waals surface area contributed by atoms with Gasteiger partial charge in [0.25, 0.3) is 0 Å². The number of para-hydroxylation sites is 2. The van der Waals surface area contributed by atoms with Gasteiger partial charge in [-0.3, -0.25) is 0 Å². The fourth-order valence-electron chi connectivity index (χ4n) is 3.72. The van der Waals surface area contributed by atoms with Gasteiger partial charge in [0.2, 0.25) is 0 Å². The predicted octanol–water partition coefficient (Wildman–Crippen LogP) is 5.07. The van der Waals surface area contributed by atoms with Crippen LogP contribution in [0, 0.1) is 0 Å². The van der Waals surface area contributed by atoms with E-state index < -0.39 is 0 Å². The zero-order valence-corrected chi connectivity index (χ0v) is 15.8. The van der Waals surface area contributed by atoms with E-state index in [4.69, 9.17) is 0 Å². The van der Waals surface area contributed by atoms with Gasteiger partial charge in [0, 0.05) is 19.1 Å². The van der Waals surface area contributed by atoms with Crippen molar-refractivity contribution in [1.29, 1.82) is 0 Å². The molecular formula is C22H26ClN3. The lowest BCUT2D eigenvalue weighted by Gasteiger charge is -2.24. The number of hydrogen-bond donors (Lipinski definition) is 1. The average Bonchev–Trinajstić information content (AvgIpc) is 3.09. The Balaban J connectivity index is 0.00000196. The highest BCUT2D eigenvalue weighted by Crippen LogP contribution is 2.24. The highest BCUT2D eigenvalue weighted by Gasteiger charge is 2.15. The van der Waals surface area contributed by atoms with Crippen LogP contribution in [0.25, 0.3) is 16.6 Å². The van der Waals surface area contributed by atoms with E-state index in [1.165, 1.54) is 35.9 Å². The highest BCUT2D eigenvalue weighted by molar-refractivity contribution is 5.85. The molecule has 1 aromatic heterocycles. The molecule has 2 heterocycles. The number of benzene rings is 2. The molecule has 1 atom stereocenters. The van der Waals surface area contributed by atoms with Gasteiger partial charge in [0.15, 0.2) is 0 Å². The Morgan fingerprint density at radius 2 is 1.81 bits per heavy atom. The van der Waals surface area contributed by atoms with Crippen molar-refractivity contribution in [2.75, 3.05) is 6.54 Å². The van der Waals surface area contributed by atoms with Gasteiger partial charge in [-0.1, -0.05) is 55.0 Å². The van der Waals surface area contributed by atoms with Gasteiger partial charge in [-0.2, -0.15) is 0 Å². The first-order valence-corrected chi connectivity index (χ1v) is 9.28. The molecule has 0 fully saturated rings. The Morgan fingerprint density at radius 3 is 2.69 bits per heavy atom. The van der Waals surface area contributed by atoms with E-state index in [2.05, 4.69) is 69.5 Å². The second-order valence-corrected chi connectivity index (χ2v) is 6.83. The maximum atomic E-state index is 4.47. The second kappa shape index (κ2) is 9.02. The molecule has 1 aliphatic heterocycles. The first-order chi connectivity index (χ1) is 12.4. The average molecular weight is 368 g/mol. The molecule has 2 aromatic carbocycles. The number of unbranched alkanes of at least 4 members (excludes halogenated alkanes) is 1. The van der Waals surface area contributed by atoms with Crippen molar-refractivity contribution in [1.82, 2.24) is 14.9 Å². The molecule has 4 rings (SSSR count). The Bertz CT molecular complexity index is 854. The molecule has 1 unspecified atom stereocenters. The van der Waals surface area contributed by atoms with Gasteiger partial charge in [-0.25, -0.2) is 4.98 Å². The Labute approximate surface area is 161 Å². The molecule has 0 radical (unpaired) electrons. The number of fused-ring (bicyclic) bond motifs is 1. The van der Waals surface area contributed by atoms with Crippen LogP contribution in [0.5, 0.6) is 0 Å². The Hall–Kier alpha value is -2.10. The number of hydrogen-bond acceptors (Lipinski definition) is 2. The summed E-state index contributed by atoms with van der Waals surface area (Å²) in [5.74, 6) is 0. The van der Waals surface area contributed by atoms with E-state index >= 15 is 0 Å². The minimum atomic E-state index is 0. The zero-order chi connectivity index (χ0) is 16.9. The van der Waals surface area contributed by atoms with Crippen LogP contribution in [-0.2, 0) is 6.54 Å². The third kappa shape index (κ3) is 4.35. The number of halogens is 1. The molecule has 1 aliphatic rings. The molecule has 26 heavy (non-hydrogen) atoms. The van der Waals surface area contributed by atoms with Gasteiger partial charge in [0.05, 0.1) is 17.4 Å². The Kier molecular flexibility index (Phi) is 6.48. The maximum absolute atomic E-state index is 4.47. The summed E-state index contributed by atoms with van der Waals surface area (Å²) in [5.41, 5.74) is 5.20. The summed E-state index contributed by atoms with van der Waals surface area (Å²) in [7, 11) is 0. The quantitative estimate of drug-likeness (QED) is 0.616. The largest absolute Gasteiger partial charge is 0.331 e. The van der Waals surface area contributed by atoms with Crippen LogP contribution in [0.4, 0.5) is 0 Å². The van der Waals surface area contributed by atoms with Crippen molar-refractivity contribution in [3.05, 3.63) is 72.6 Å². The number of nitrogens with zero attached hydrogens (tertiary/aromatic N) is 2. The van der Waals surface area contributed by atoms with E-state index in [1.54, 1.807) is 0 Å². The van der Waals surface area contributed by atoms with Crippen LogP contribution in [0.2, 0.25) is 0 Å². The van der Waals surface area contributed by atoms with Crippen molar-refractivity contribution in [3.8, 4) is 0 Å². The molecule has 0 saturated heterocycles. The predicted molar refractivity (Wildman–Crippen MR) is 112 cm³/mol. The SMILES string of the molecule is C1=C(c2ccccc2)CC(CCCCn2cnc3ccccc32)NC1.Cl. The summed E-state index contributed by atoms with van der Waals surface area (Å²) in [6, 6.07) is 19.7. The van der Waals surface area contributed by atoms with Gasteiger partial charge in [-0.15, -0.1) is 12.4 Å². The molecule has 0 amide bonds. The lowest BCUT2D eigenvalue weighted by atomic mass is 9.93. The lowest BCUT2D eigenvalue weighted by molar-refractivity contribution is 0.465. The number of nitrogens with one attached hydrogen (secondary N) is 1. The van der Waals surface area contributed by atoms with Crippen LogP contribution in [-0.4, -0.2) is 22.1 Å². The number of aryl methyl sites for hydroxylation is 1. The number of rotatable bonds is 6. The molecular weight excluding hydrogens is 342 g/mol. The topological polar surface area (TPSA) is 29.9 Å². The monoisotopic (exact) mass is 367 g/mol. The highest BCUT2D eigenvalue weighted by atomic mass is 35.5. The van der Waals surface area contributed by atoms with Gasteiger partial charge in [0.1, 0.15) is 0 Å². The smallest absolute Gasteiger partial charge is 0.0958 e. The zero-order valence-electron chi connectivity index (χ0n) is 15.0. The number of aromatic nitrogens is 2. The van der Waals surface area contributed by atoms with Crippen LogP contribution in [0.3, 0.4) is 0 Å². The van der Waals surface area contributed by atoms with Gasteiger partial charge in [-0.05, 0) is 42.5 Å². The Morgan fingerprint density at radius 1 is 1.00 bits per heavy atom. The fourth-order valence-corrected chi connectivity index (χ4v) is 3.72. The summed E-state index contributed by atoms with van der Waals surface area (Å²) in [5, 5.41) is 3.65.